The fourth-order valence-electron chi connectivity index (χ4n) is 3.15. The Morgan fingerprint density at radius 2 is 1.68 bits per heavy atom. The van der Waals surface area contributed by atoms with Crippen LogP contribution in [0.1, 0.15) is 20.9 Å². The van der Waals surface area contributed by atoms with Gasteiger partial charge >= 0.3 is 0 Å². The van der Waals surface area contributed by atoms with E-state index in [0.717, 1.165) is 6.07 Å². The number of benzene rings is 3. The molecule has 2 amide bonds. The Bertz CT molecular complexity index is 1280. The molecule has 4 rings (SSSR count). The van der Waals surface area contributed by atoms with Crippen molar-refractivity contribution in [3.63, 3.8) is 0 Å². The van der Waals surface area contributed by atoms with Crippen LogP contribution < -0.4 is 15.4 Å². The summed E-state index contributed by atoms with van der Waals surface area (Å²) in [4.78, 5) is 25.8. The standard InChI is InChI=1S/C23H16ClFN2O4/c1-30-18-12-5-3-10-16(18)26-23(29)21-20(13-7-2-4-11-17(13)31-21)27-22(28)19-14(24)8-6-9-15(19)25/h2-12H,1H3,(H,26,29)(H,27,28). The predicted octanol–water partition coefficient (Wildman–Crippen LogP) is 5.74. The third-order valence-electron chi connectivity index (χ3n) is 4.59. The molecule has 6 nitrogen and oxygen atoms in total. The zero-order chi connectivity index (χ0) is 22.0. The average Bonchev–Trinajstić information content (AvgIpc) is 3.12. The number of furan rings is 1. The Morgan fingerprint density at radius 1 is 0.935 bits per heavy atom. The van der Waals surface area contributed by atoms with Crippen molar-refractivity contribution in [3.8, 4) is 5.75 Å². The minimum Gasteiger partial charge on any atom is -0.495 e. The van der Waals surface area contributed by atoms with Gasteiger partial charge in [0.15, 0.2) is 0 Å². The molecule has 1 heterocycles. The smallest absolute Gasteiger partial charge is 0.293 e. The lowest BCUT2D eigenvalue weighted by atomic mass is 10.1. The highest BCUT2D eigenvalue weighted by molar-refractivity contribution is 6.34. The molecule has 0 aliphatic carbocycles. The molecule has 31 heavy (non-hydrogen) atoms. The Kier molecular flexibility index (Phi) is 5.60. The van der Waals surface area contributed by atoms with E-state index in [9.17, 15) is 14.0 Å². The second-order valence-electron chi connectivity index (χ2n) is 6.51. The molecule has 0 atom stereocenters. The van der Waals surface area contributed by atoms with E-state index in [1.54, 1.807) is 48.5 Å². The fraction of sp³-hybridized carbons (Fsp3) is 0.0435. The number of ether oxygens (including phenoxy) is 1. The van der Waals surface area contributed by atoms with Gasteiger partial charge in [-0.05, 0) is 36.4 Å². The van der Waals surface area contributed by atoms with Gasteiger partial charge in [0.05, 0.1) is 23.4 Å². The molecular weight excluding hydrogens is 423 g/mol. The maximum absolute atomic E-state index is 14.2. The van der Waals surface area contributed by atoms with Crippen LogP contribution in [0.15, 0.2) is 71.1 Å². The van der Waals surface area contributed by atoms with Gasteiger partial charge in [0.2, 0.25) is 5.76 Å². The number of halogens is 2. The summed E-state index contributed by atoms with van der Waals surface area (Å²) in [6.45, 7) is 0. The van der Waals surface area contributed by atoms with Crippen LogP contribution in [-0.4, -0.2) is 18.9 Å². The largest absolute Gasteiger partial charge is 0.495 e. The maximum Gasteiger partial charge on any atom is 0.293 e. The summed E-state index contributed by atoms with van der Waals surface area (Å²) in [5.41, 5.74) is 0.574. The van der Waals surface area contributed by atoms with E-state index < -0.39 is 17.6 Å². The van der Waals surface area contributed by atoms with E-state index in [2.05, 4.69) is 10.6 Å². The molecule has 1 aromatic heterocycles. The monoisotopic (exact) mass is 438 g/mol. The number of nitrogens with one attached hydrogen (secondary N) is 2. The van der Waals surface area contributed by atoms with Gasteiger partial charge in [-0.3, -0.25) is 9.59 Å². The molecule has 0 unspecified atom stereocenters. The lowest BCUT2D eigenvalue weighted by Crippen LogP contribution is -2.18. The molecule has 0 fully saturated rings. The predicted molar refractivity (Wildman–Crippen MR) is 117 cm³/mol. The van der Waals surface area contributed by atoms with Gasteiger partial charge in [-0.1, -0.05) is 41.9 Å². The third-order valence-corrected chi connectivity index (χ3v) is 4.90. The molecule has 0 aliphatic heterocycles. The van der Waals surface area contributed by atoms with Crippen LogP contribution in [0, 0.1) is 5.82 Å². The van der Waals surface area contributed by atoms with Crippen LogP contribution in [0.2, 0.25) is 5.02 Å². The van der Waals surface area contributed by atoms with Crippen LogP contribution in [0.4, 0.5) is 15.8 Å². The number of fused-ring (bicyclic) bond motifs is 1. The summed E-state index contributed by atoms with van der Waals surface area (Å²) >= 11 is 6.01. The van der Waals surface area contributed by atoms with Crippen LogP contribution in [0.3, 0.4) is 0 Å². The highest BCUT2D eigenvalue weighted by Crippen LogP contribution is 2.33. The van der Waals surface area contributed by atoms with Crippen LogP contribution in [0.25, 0.3) is 11.0 Å². The minimum absolute atomic E-state index is 0.0506. The van der Waals surface area contributed by atoms with Crippen molar-refractivity contribution in [2.75, 3.05) is 17.7 Å². The first-order valence-corrected chi connectivity index (χ1v) is 9.58. The van der Waals surface area contributed by atoms with Crippen molar-refractivity contribution in [2.24, 2.45) is 0 Å². The summed E-state index contributed by atoms with van der Waals surface area (Å²) < 4.78 is 25.2. The SMILES string of the molecule is COc1ccccc1NC(=O)c1oc2ccccc2c1NC(=O)c1c(F)cccc1Cl. The number of hydrogen-bond donors (Lipinski definition) is 2. The Morgan fingerprint density at radius 3 is 2.45 bits per heavy atom. The fourth-order valence-corrected chi connectivity index (χ4v) is 3.40. The van der Waals surface area contributed by atoms with Gasteiger partial charge in [0.1, 0.15) is 22.8 Å². The first kappa shape index (κ1) is 20.4. The number of rotatable bonds is 5. The number of para-hydroxylation sites is 3. The van der Waals surface area contributed by atoms with Crippen molar-refractivity contribution in [1.82, 2.24) is 0 Å². The summed E-state index contributed by atoms with van der Waals surface area (Å²) in [5, 5.41) is 5.71. The highest BCUT2D eigenvalue weighted by atomic mass is 35.5. The molecule has 4 aromatic rings. The summed E-state index contributed by atoms with van der Waals surface area (Å²) in [5.74, 6) is -1.89. The third kappa shape index (κ3) is 3.95. The molecule has 0 spiro atoms. The normalized spacial score (nSPS) is 10.7. The maximum atomic E-state index is 14.2. The summed E-state index contributed by atoms with van der Waals surface area (Å²) in [6.07, 6.45) is 0. The van der Waals surface area contributed by atoms with Crippen LogP contribution in [0.5, 0.6) is 5.75 Å². The van der Waals surface area contributed by atoms with E-state index in [1.165, 1.54) is 19.2 Å². The van der Waals surface area contributed by atoms with Crippen LogP contribution >= 0.6 is 11.6 Å². The zero-order valence-electron chi connectivity index (χ0n) is 16.2. The second-order valence-corrected chi connectivity index (χ2v) is 6.91. The molecule has 0 radical (unpaired) electrons. The number of anilines is 2. The van der Waals surface area contributed by atoms with Gasteiger partial charge < -0.3 is 19.8 Å². The number of amides is 2. The molecule has 156 valence electrons. The molecular formula is C23H16ClFN2O4. The van der Waals surface area contributed by atoms with Gasteiger partial charge in [0, 0.05) is 5.39 Å². The van der Waals surface area contributed by atoms with E-state index in [-0.39, 0.29) is 22.0 Å². The lowest BCUT2D eigenvalue weighted by Gasteiger charge is -2.11. The van der Waals surface area contributed by atoms with Gasteiger partial charge in [0.25, 0.3) is 11.8 Å². The quantitative estimate of drug-likeness (QED) is 0.416. The number of methoxy groups -OCH3 is 1. The topological polar surface area (TPSA) is 80.6 Å². The number of carbonyl (C=O) groups excluding carboxylic acids is 2. The second kappa shape index (κ2) is 8.49. The molecule has 3 aromatic carbocycles. The minimum atomic E-state index is -0.805. The van der Waals surface area contributed by atoms with E-state index >= 15 is 0 Å². The highest BCUT2D eigenvalue weighted by Gasteiger charge is 2.25. The summed E-state index contributed by atoms with van der Waals surface area (Å²) in [6, 6.07) is 17.6. The Balaban J connectivity index is 1.74. The molecule has 0 aliphatic rings. The van der Waals surface area contributed by atoms with Gasteiger partial charge in [-0.2, -0.15) is 0 Å². The molecule has 0 saturated heterocycles. The van der Waals surface area contributed by atoms with Gasteiger partial charge in [-0.25, -0.2) is 4.39 Å². The Labute approximate surface area is 181 Å². The average molecular weight is 439 g/mol. The van der Waals surface area contributed by atoms with Crippen molar-refractivity contribution in [3.05, 3.63) is 88.9 Å². The van der Waals surface area contributed by atoms with Gasteiger partial charge in [-0.15, -0.1) is 0 Å². The van der Waals surface area contributed by atoms with Crippen molar-refractivity contribution in [2.45, 2.75) is 0 Å². The summed E-state index contributed by atoms with van der Waals surface area (Å²) in [7, 11) is 1.48. The molecule has 0 bridgehead atoms. The Hall–Kier alpha value is -3.84. The van der Waals surface area contributed by atoms with Crippen molar-refractivity contribution < 1.29 is 23.1 Å². The zero-order valence-corrected chi connectivity index (χ0v) is 17.0. The molecule has 0 saturated carbocycles. The van der Waals surface area contributed by atoms with Crippen LogP contribution in [-0.2, 0) is 0 Å². The van der Waals surface area contributed by atoms with Crippen molar-refractivity contribution >= 4 is 45.8 Å². The van der Waals surface area contributed by atoms with Crippen molar-refractivity contribution in [1.29, 1.82) is 0 Å². The van der Waals surface area contributed by atoms with E-state index in [0.29, 0.717) is 22.4 Å². The van der Waals surface area contributed by atoms with E-state index in [4.69, 9.17) is 20.8 Å². The molecule has 2 N–H and O–H groups in total. The van der Waals surface area contributed by atoms with E-state index in [1.807, 2.05) is 0 Å². The lowest BCUT2D eigenvalue weighted by molar-refractivity contribution is 0.0999. The first-order valence-electron chi connectivity index (χ1n) is 9.21. The molecule has 8 heteroatoms. The number of carbonyl (C=O) groups is 2. The number of hydrogen-bond acceptors (Lipinski definition) is 4. The first-order chi connectivity index (χ1) is 15.0.